The van der Waals surface area contributed by atoms with Gasteiger partial charge in [0.2, 0.25) is 0 Å². The number of rotatable bonds is 5. The molecule has 0 atom stereocenters. The molecule has 112 valence electrons. The quantitative estimate of drug-likeness (QED) is 0.630. The zero-order chi connectivity index (χ0) is 16.0. The zero-order valence-electron chi connectivity index (χ0n) is 12.1. The second kappa shape index (κ2) is 7.70. The molecule has 21 heavy (non-hydrogen) atoms. The molecular weight excluding hydrogens is 336 g/mol. The van der Waals surface area contributed by atoms with Crippen LogP contribution in [0.4, 0.5) is 0 Å². The number of carbonyl (C=O) groups excluding carboxylic acids is 1. The number of carbonyl (C=O) groups is 1. The number of amides is 1. The third kappa shape index (κ3) is 4.80. The molecule has 0 saturated carbocycles. The fraction of sp³-hybridized carbons (Fsp3) is 0.333. The van der Waals surface area contributed by atoms with Gasteiger partial charge in [0.05, 0.1) is 11.1 Å². The van der Waals surface area contributed by atoms with Gasteiger partial charge in [-0.25, -0.2) is 0 Å². The first-order chi connectivity index (χ1) is 9.88. The van der Waals surface area contributed by atoms with Crippen LogP contribution in [-0.4, -0.2) is 23.7 Å². The van der Waals surface area contributed by atoms with Crippen LogP contribution in [0.2, 0.25) is 0 Å². The number of nitrogens with zero attached hydrogens (tertiary/aromatic N) is 1. The first kappa shape index (κ1) is 17.1. The lowest BCUT2D eigenvalue weighted by molar-refractivity contribution is -0.117. The average Bonchev–Trinajstić information content (AvgIpc) is 2.40. The molecule has 0 unspecified atom stereocenters. The highest BCUT2D eigenvalue weighted by molar-refractivity contribution is 9.10. The van der Waals surface area contributed by atoms with Gasteiger partial charge in [0.1, 0.15) is 11.6 Å². The minimum absolute atomic E-state index is 0.0104. The summed E-state index contributed by atoms with van der Waals surface area (Å²) in [6, 6.07) is 5.00. The van der Waals surface area contributed by atoms with Crippen molar-refractivity contribution in [1.82, 2.24) is 5.32 Å². The van der Waals surface area contributed by atoms with Crippen LogP contribution in [0.15, 0.2) is 22.2 Å². The summed E-state index contributed by atoms with van der Waals surface area (Å²) in [5.41, 5.74) is 0.572. The number of halogens is 1. The summed E-state index contributed by atoms with van der Waals surface area (Å²) in [6.07, 6.45) is 1.45. The molecule has 1 amide bonds. The SMILES string of the molecule is CCOc1cc(/C=C(\C#N)C(=O)NC(C)C)cc(Br)c1O. The first-order valence-electron chi connectivity index (χ1n) is 6.47. The molecule has 5 nitrogen and oxygen atoms in total. The van der Waals surface area contributed by atoms with Crippen molar-refractivity contribution in [1.29, 1.82) is 5.26 Å². The van der Waals surface area contributed by atoms with Gasteiger partial charge in [-0.15, -0.1) is 0 Å². The molecule has 0 aromatic heterocycles. The Morgan fingerprint density at radius 3 is 2.76 bits per heavy atom. The summed E-state index contributed by atoms with van der Waals surface area (Å²) in [4.78, 5) is 11.9. The minimum atomic E-state index is -0.436. The fourth-order valence-electron chi connectivity index (χ4n) is 1.60. The predicted octanol–water partition coefficient (Wildman–Crippen LogP) is 2.98. The smallest absolute Gasteiger partial charge is 0.262 e. The van der Waals surface area contributed by atoms with Gasteiger partial charge in [-0.2, -0.15) is 5.26 Å². The number of benzene rings is 1. The van der Waals surface area contributed by atoms with E-state index in [1.165, 1.54) is 6.08 Å². The standard InChI is InChI=1S/C15H17BrN2O3/c1-4-21-13-7-10(6-12(16)14(13)19)5-11(8-17)15(20)18-9(2)3/h5-7,9,19H,4H2,1-3H3,(H,18,20)/b11-5+. The molecule has 0 aliphatic carbocycles. The number of hydrogen-bond acceptors (Lipinski definition) is 4. The van der Waals surface area contributed by atoms with Gasteiger partial charge in [0.25, 0.3) is 5.91 Å². The Kier molecular flexibility index (Phi) is 6.25. The summed E-state index contributed by atoms with van der Waals surface area (Å²) >= 11 is 3.21. The van der Waals surface area contributed by atoms with Crippen molar-refractivity contribution in [2.24, 2.45) is 0 Å². The normalized spacial score (nSPS) is 11.1. The van der Waals surface area contributed by atoms with E-state index in [0.717, 1.165) is 0 Å². The summed E-state index contributed by atoms with van der Waals surface area (Å²) < 4.78 is 5.74. The van der Waals surface area contributed by atoms with Crippen LogP contribution in [-0.2, 0) is 4.79 Å². The maximum Gasteiger partial charge on any atom is 0.262 e. The van der Waals surface area contributed by atoms with Crippen LogP contribution < -0.4 is 10.1 Å². The van der Waals surface area contributed by atoms with E-state index in [9.17, 15) is 9.90 Å². The van der Waals surface area contributed by atoms with E-state index in [2.05, 4.69) is 21.2 Å². The number of nitriles is 1. The van der Waals surface area contributed by atoms with Crippen molar-refractivity contribution in [3.63, 3.8) is 0 Å². The molecule has 0 radical (unpaired) electrons. The summed E-state index contributed by atoms with van der Waals surface area (Å²) in [7, 11) is 0. The summed E-state index contributed by atoms with van der Waals surface area (Å²) in [6.45, 7) is 5.83. The number of nitrogens with one attached hydrogen (secondary N) is 1. The molecule has 0 aliphatic rings. The third-order valence-electron chi connectivity index (χ3n) is 2.45. The Hall–Kier alpha value is -2.00. The number of hydrogen-bond donors (Lipinski definition) is 2. The summed E-state index contributed by atoms with van der Waals surface area (Å²) in [5, 5.41) is 21.6. The number of phenolic OH excluding ortho intramolecular Hbond substituents is 1. The van der Waals surface area contributed by atoms with E-state index in [4.69, 9.17) is 10.00 Å². The van der Waals surface area contributed by atoms with Gasteiger partial charge in [-0.1, -0.05) is 0 Å². The molecule has 0 heterocycles. The molecule has 0 bridgehead atoms. The van der Waals surface area contributed by atoms with Crippen LogP contribution in [0.1, 0.15) is 26.3 Å². The van der Waals surface area contributed by atoms with Crippen molar-refractivity contribution in [2.45, 2.75) is 26.8 Å². The van der Waals surface area contributed by atoms with Gasteiger partial charge in [0.15, 0.2) is 11.5 Å². The lowest BCUT2D eigenvalue weighted by Crippen LogP contribution is -2.30. The van der Waals surface area contributed by atoms with Crippen molar-refractivity contribution in [2.75, 3.05) is 6.61 Å². The lowest BCUT2D eigenvalue weighted by Gasteiger charge is -2.10. The maximum absolute atomic E-state index is 11.9. The Balaban J connectivity index is 3.17. The van der Waals surface area contributed by atoms with Gasteiger partial charge in [-0.05, 0) is 60.5 Å². The molecule has 1 rings (SSSR count). The zero-order valence-corrected chi connectivity index (χ0v) is 13.7. The van der Waals surface area contributed by atoms with E-state index in [-0.39, 0.29) is 17.4 Å². The van der Waals surface area contributed by atoms with Gasteiger partial charge >= 0.3 is 0 Å². The van der Waals surface area contributed by atoms with E-state index < -0.39 is 5.91 Å². The molecule has 0 aliphatic heterocycles. The second-order valence-corrected chi connectivity index (χ2v) is 5.43. The average molecular weight is 353 g/mol. The Bertz CT molecular complexity index is 604. The number of aromatic hydroxyl groups is 1. The van der Waals surface area contributed by atoms with E-state index in [0.29, 0.717) is 22.4 Å². The monoisotopic (exact) mass is 352 g/mol. The number of ether oxygens (including phenoxy) is 1. The van der Waals surface area contributed by atoms with E-state index >= 15 is 0 Å². The minimum Gasteiger partial charge on any atom is -0.503 e. The van der Waals surface area contributed by atoms with Gasteiger partial charge in [0, 0.05) is 6.04 Å². The first-order valence-corrected chi connectivity index (χ1v) is 7.26. The Morgan fingerprint density at radius 2 is 2.24 bits per heavy atom. The highest BCUT2D eigenvalue weighted by atomic mass is 79.9. The van der Waals surface area contributed by atoms with Crippen LogP contribution in [0.5, 0.6) is 11.5 Å². The van der Waals surface area contributed by atoms with Crippen molar-refractivity contribution >= 4 is 27.9 Å². The summed E-state index contributed by atoms with van der Waals surface area (Å²) in [5.74, 6) is -0.159. The number of phenols is 1. The third-order valence-corrected chi connectivity index (χ3v) is 3.05. The van der Waals surface area contributed by atoms with Crippen LogP contribution in [0.25, 0.3) is 6.08 Å². The van der Waals surface area contributed by atoms with Crippen LogP contribution in [0.3, 0.4) is 0 Å². The van der Waals surface area contributed by atoms with Crippen molar-refractivity contribution in [3.8, 4) is 17.6 Å². The highest BCUT2D eigenvalue weighted by Gasteiger charge is 2.12. The molecule has 1 aromatic rings. The Morgan fingerprint density at radius 1 is 1.57 bits per heavy atom. The van der Waals surface area contributed by atoms with Crippen LogP contribution >= 0.6 is 15.9 Å². The molecule has 0 fully saturated rings. The second-order valence-electron chi connectivity index (χ2n) is 4.58. The van der Waals surface area contributed by atoms with E-state index in [1.54, 1.807) is 19.1 Å². The molecular formula is C15H17BrN2O3. The topological polar surface area (TPSA) is 82.3 Å². The van der Waals surface area contributed by atoms with Crippen LogP contribution in [0, 0.1) is 11.3 Å². The highest BCUT2D eigenvalue weighted by Crippen LogP contribution is 2.36. The predicted molar refractivity (Wildman–Crippen MR) is 83.8 cm³/mol. The van der Waals surface area contributed by atoms with Crippen molar-refractivity contribution in [3.05, 3.63) is 27.7 Å². The molecule has 0 spiro atoms. The van der Waals surface area contributed by atoms with Crippen molar-refractivity contribution < 1.29 is 14.6 Å². The lowest BCUT2D eigenvalue weighted by atomic mass is 10.1. The molecule has 1 aromatic carbocycles. The van der Waals surface area contributed by atoms with E-state index in [1.807, 2.05) is 19.9 Å². The Labute approximate surface area is 132 Å². The fourth-order valence-corrected chi connectivity index (χ4v) is 2.06. The van der Waals surface area contributed by atoms with Gasteiger partial charge in [-0.3, -0.25) is 4.79 Å². The molecule has 2 N–H and O–H groups in total. The maximum atomic E-state index is 11.9. The van der Waals surface area contributed by atoms with Gasteiger partial charge < -0.3 is 15.2 Å². The molecule has 0 saturated heterocycles. The molecule has 6 heteroatoms. The largest absolute Gasteiger partial charge is 0.503 e.